The molecule has 2 aliphatic carbocycles. The number of nitrogens with zero attached hydrogens (tertiary/aromatic N) is 6. The van der Waals surface area contributed by atoms with Gasteiger partial charge in [-0.2, -0.15) is 0 Å². The highest BCUT2D eigenvalue weighted by atomic mass is 32.2. The van der Waals surface area contributed by atoms with E-state index in [2.05, 4.69) is 38.1 Å². The van der Waals surface area contributed by atoms with Crippen molar-refractivity contribution in [3.8, 4) is 22.5 Å². The maximum Gasteiger partial charge on any atom is 0.269 e. The number of pyridine rings is 2. The predicted octanol–water partition coefficient (Wildman–Crippen LogP) is 12.7. The van der Waals surface area contributed by atoms with Crippen molar-refractivity contribution in [2.75, 3.05) is 0 Å². The van der Waals surface area contributed by atoms with Gasteiger partial charge in [0.25, 0.3) is 20.0 Å². The largest absolute Gasteiger partial charge is 0.269 e. The number of allylic oxidation sites excluding steroid dienone is 2. The molecule has 10 rings (SSSR count). The van der Waals surface area contributed by atoms with E-state index in [0.717, 1.165) is 61.7 Å². The standard InChI is InChI=1S/C23H23N3O2S2.C23H21N3O2S2.2CH4/c2*1-16-25-22(15-29-16)21-14-26(30(27,28)19-10-6-3-7-11-19)23-20(21)12-18(13-24-23)17-8-4-2-5-9-17;;/h3,6-7,10-15,17H,2,4-5,8-9H2,1H3;3,6-8,10-15H,2,4-5,9H2,1H3;2*1H4. The van der Waals surface area contributed by atoms with Crippen LogP contribution in [0.5, 0.6) is 0 Å². The highest BCUT2D eigenvalue weighted by molar-refractivity contribution is 7.90. The number of rotatable bonds is 8. The van der Waals surface area contributed by atoms with Crippen LogP contribution >= 0.6 is 22.7 Å². The number of fused-ring (bicyclic) bond motifs is 2. The van der Waals surface area contributed by atoms with Gasteiger partial charge in [-0.1, -0.05) is 76.6 Å². The first-order chi connectivity index (χ1) is 29.1. The summed E-state index contributed by atoms with van der Waals surface area (Å²) in [6, 6.07) is 21.2. The van der Waals surface area contributed by atoms with Gasteiger partial charge in [0.2, 0.25) is 0 Å². The van der Waals surface area contributed by atoms with Crippen LogP contribution in [0, 0.1) is 13.8 Å². The van der Waals surface area contributed by atoms with E-state index >= 15 is 0 Å². The molecule has 6 aromatic heterocycles. The van der Waals surface area contributed by atoms with E-state index in [1.807, 2.05) is 36.9 Å². The Labute approximate surface area is 373 Å². The molecule has 10 nitrogen and oxygen atoms in total. The molecule has 1 fully saturated rings. The first kappa shape index (κ1) is 44.8. The topological polar surface area (TPSA) is 130 Å². The molecule has 0 spiro atoms. The first-order valence-corrected chi connectivity index (χ1v) is 24.9. The van der Waals surface area contributed by atoms with Gasteiger partial charge in [0, 0.05) is 57.4 Å². The van der Waals surface area contributed by atoms with Crippen LogP contribution in [0.25, 0.3) is 50.2 Å². The van der Waals surface area contributed by atoms with Crippen LogP contribution in [0.15, 0.2) is 124 Å². The van der Waals surface area contributed by atoms with E-state index in [1.54, 1.807) is 95.9 Å². The second kappa shape index (κ2) is 18.6. The molecular formula is C48H52N6O4S4. The third kappa shape index (κ3) is 8.70. The summed E-state index contributed by atoms with van der Waals surface area (Å²) in [4.78, 5) is 19.0. The van der Waals surface area contributed by atoms with Gasteiger partial charge in [-0.05, 0) is 111 Å². The van der Waals surface area contributed by atoms with Crippen molar-refractivity contribution in [1.29, 1.82) is 0 Å². The Morgan fingerprint density at radius 2 is 1.15 bits per heavy atom. The van der Waals surface area contributed by atoms with Gasteiger partial charge in [-0.25, -0.2) is 44.7 Å². The van der Waals surface area contributed by atoms with Gasteiger partial charge in [0.05, 0.1) is 31.2 Å². The van der Waals surface area contributed by atoms with E-state index in [9.17, 15) is 16.8 Å². The summed E-state index contributed by atoms with van der Waals surface area (Å²) >= 11 is 3.11. The highest BCUT2D eigenvalue weighted by Crippen LogP contribution is 2.39. The monoisotopic (exact) mass is 904 g/mol. The van der Waals surface area contributed by atoms with E-state index in [1.165, 1.54) is 64.0 Å². The van der Waals surface area contributed by atoms with Gasteiger partial charge in [0.15, 0.2) is 11.3 Å². The molecule has 0 unspecified atom stereocenters. The lowest BCUT2D eigenvalue weighted by Crippen LogP contribution is -2.12. The molecule has 2 aromatic carbocycles. The van der Waals surface area contributed by atoms with Crippen molar-refractivity contribution in [1.82, 2.24) is 27.9 Å². The molecule has 14 heteroatoms. The molecule has 0 N–H and O–H groups in total. The van der Waals surface area contributed by atoms with Crippen LogP contribution in [0.4, 0.5) is 0 Å². The summed E-state index contributed by atoms with van der Waals surface area (Å²) in [5, 5.41) is 7.50. The van der Waals surface area contributed by atoms with Crippen LogP contribution in [0.2, 0.25) is 0 Å². The van der Waals surface area contributed by atoms with Crippen LogP contribution in [-0.4, -0.2) is 44.7 Å². The second-order valence-electron chi connectivity index (χ2n) is 15.4. The Balaban J connectivity index is 0.000000181. The van der Waals surface area contributed by atoms with Gasteiger partial charge < -0.3 is 0 Å². The molecule has 1 saturated carbocycles. The van der Waals surface area contributed by atoms with E-state index in [-0.39, 0.29) is 24.6 Å². The average molecular weight is 905 g/mol. The zero-order valence-corrected chi connectivity index (χ0v) is 36.6. The van der Waals surface area contributed by atoms with Crippen LogP contribution in [0.3, 0.4) is 0 Å². The van der Waals surface area contributed by atoms with Crippen molar-refractivity contribution in [3.63, 3.8) is 0 Å². The molecule has 0 bridgehead atoms. The molecule has 8 aromatic rings. The summed E-state index contributed by atoms with van der Waals surface area (Å²) in [6.07, 6.45) is 19.9. The molecule has 6 heterocycles. The van der Waals surface area contributed by atoms with Gasteiger partial charge in [-0.15, -0.1) is 22.7 Å². The van der Waals surface area contributed by atoms with Crippen LogP contribution < -0.4 is 0 Å². The maximum atomic E-state index is 13.4. The van der Waals surface area contributed by atoms with Crippen molar-refractivity contribution in [3.05, 3.63) is 136 Å². The Hall–Kier alpha value is -5.28. The normalized spacial score (nSPS) is 14.7. The smallest absolute Gasteiger partial charge is 0.241 e. The summed E-state index contributed by atoms with van der Waals surface area (Å²) in [5.41, 5.74) is 7.62. The Bertz CT molecular complexity index is 3090. The summed E-state index contributed by atoms with van der Waals surface area (Å²) < 4.78 is 56.1. The molecular weight excluding hydrogens is 853 g/mol. The van der Waals surface area contributed by atoms with Gasteiger partial charge in [-0.3, -0.25) is 0 Å². The van der Waals surface area contributed by atoms with E-state index in [0.29, 0.717) is 17.2 Å². The number of benzene rings is 2. The number of thiazole rings is 2. The lowest BCUT2D eigenvalue weighted by molar-refractivity contribution is 0.443. The summed E-state index contributed by atoms with van der Waals surface area (Å²) in [5.74, 6) is 0.495. The molecule has 0 atom stereocenters. The summed E-state index contributed by atoms with van der Waals surface area (Å²) in [7, 11) is -7.52. The van der Waals surface area contributed by atoms with Crippen molar-refractivity contribution >= 4 is 70.4 Å². The van der Waals surface area contributed by atoms with Gasteiger partial charge >= 0.3 is 0 Å². The lowest BCUT2D eigenvalue weighted by atomic mass is 9.84. The zero-order chi connectivity index (χ0) is 41.4. The van der Waals surface area contributed by atoms with Crippen molar-refractivity contribution in [2.45, 2.75) is 102 Å². The fourth-order valence-electron chi connectivity index (χ4n) is 8.27. The number of aryl methyl sites for hydroxylation is 2. The quantitative estimate of drug-likeness (QED) is 0.147. The third-order valence-corrected chi connectivity index (χ3v) is 16.2. The second-order valence-corrected chi connectivity index (χ2v) is 21.1. The van der Waals surface area contributed by atoms with E-state index < -0.39 is 20.0 Å². The molecule has 0 saturated heterocycles. The molecule has 0 amide bonds. The molecule has 0 aliphatic heterocycles. The Morgan fingerprint density at radius 3 is 1.63 bits per heavy atom. The molecule has 62 heavy (non-hydrogen) atoms. The maximum absolute atomic E-state index is 13.4. The molecule has 0 radical (unpaired) electrons. The number of hydrogen-bond donors (Lipinski definition) is 0. The predicted molar refractivity (Wildman–Crippen MR) is 255 cm³/mol. The van der Waals surface area contributed by atoms with Gasteiger partial charge in [0.1, 0.15) is 0 Å². The fraction of sp³-hybridized carbons (Fsp3) is 0.292. The highest BCUT2D eigenvalue weighted by Gasteiger charge is 2.27. The first-order valence-electron chi connectivity index (χ1n) is 20.3. The molecule has 322 valence electrons. The fourth-order valence-corrected chi connectivity index (χ4v) is 12.2. The van der Waals surface area contributed by atoms with Crippen molar-refractivity contribution < 1.29 is 16.8 Å². The summed E-state index contributed by atoms with van der Waals surface area (Å²) in [6.45, 7) is 3.91. The van der Waals surface area contributed by atoms with E-state index in [4.69, 9.17) is 0 Å². The number of aromatic nitrogens is 6. The zero-order valence-electron chi connectivity index (χ0n) is 33.4. The van der Waals surface area contributed by atoms with Crippen molar-refractivity contribution in [2.24, 2.45) is 0 Å². The third-order valence-electron chi connectivity index (χ3n) is 11.4. The lowest BCUT2D eigenvalue weighted by Gasteiger charge is -2.21. The Morgan fingerprint density at radius 1 is 0.629 bits per heavy atom. The minimum atomic E-state index is -3.77. The Kier molecular flexibility index (Phi) is 13.4. The van der Waals surface area contributed by atoms with Crippen LogP contribution in [0.1, 0.15) is 99.7 Å². The minimum Gasteiger partial charge on any atom is -0.241 e. The minimum absolute atomic E-state index is 0. The average Bonchev–Trinajstić information content (AvgIpc) is 4.10. The van der Waals surface area contributed by atoms with Crippen LogP contribution in [-0.2, 0) is 20.0 Å². The molecule has 2 aliphatic rings. The number of hydrogen-bond acceptors (Lipinski definition) is 10. The SMILES string of the molecule is C.C.Cc1nc(-c2cn(S(=O)(=O)c3ccccc3)c3ncc(C4=CCCCC4)cc23)cs1.Cc1nc(-c2cn(S(=O)(=O)c3ccccc3)c3ncc(C4CCCCC4)cc23)cs1.